The van der Waals surface area contributed by atoms with Gasteiger partial charge in [-0.15, -0.1) is 0 Å². The van der Waals surface area contributed by atoms with Gasteiger partial charge in [0.25, 0.3) is 0 Å². The summed E-state index contributed by atoms with van der Waals surface area (Å²) in [7, 11) is 0. The quantitative estimate of drug-likeness (QED) is 0.669. The Bertz CT molecular complexity index is 699. The molecule has 0 spiro atoms. The Labute approximate surface area is 127 Å². The van der Waals surface area contributed by atoms with E-state index in [9.17, 15) is 10.1 Å². The van der Waals surface area contributed by atoms with Crippen LogP contribution in [0.5, 0.6) is 0 Å². The summed E-state index contributed by atoms with van der Waals surface area (Å²) in [5.74, 6) is 0.528. The predicted molar refractivity (Wildman–Crippen MR) is 77.4 cm³/mol. The molecule has 0 unspecified atom stereocenters. The molecule has 21 heavy (non-hydrogen) atoms. The molecule has 3 rings (SSSR count). The molecule has 0 bridgehead atoms. The largest absolute Gasteiger partial charge is 0.354 e. The van der Waals surface area contributed by atoms with Crippen molar-refractivity contribution in [1.82, 2.24) is 10.3 Å². The summed E-state index contributed by atoms with van der Waals surface area (Å²) in [6, 6.07) is 2.06. The Morgan fingerprint density at radius 3 is 2.86 bits per heavy atom. The first kappa shape index (κ1) is 13.7. The fourth-order valence-electron chi connectivity index (χ4n) is 2.58. The van der Waals surface area contributed by atoms with Crippen LogP contribution in [0.1, 0.15) is 29.9 Å². The maximum Gasteiger partial charge on any atom is 0.239 e. The van der Waals surface area contributed by atoms with E-state index in [4.69, 9.17) is 18.2 Å². The van der Waals surface area contributed by atoms with E-state index in [1.807, 2.05) is 0 Å². The van der Waals surface area contributed by atoms with Crippen LogP contribution in [-0.2, 0) is 4.79 Å². The van der Waals surface area contributed by atoms with Gasteiger partial charge in [0.15, 0.2) is 0 Å². The number of amides is 1. The van der Waals surface area contributed by atoms with E-state index >= 15 is 0 Å². The number of halogens is 1. The van der Waals surface area contributed by atoms with Crippen molar-refractivity contribution in [2.24, 2.45) is 0 Å². The van der Waals surface area contributed by atoms with E-state index in [-0.39, 0.29) is 23.5 Å². The zero-order valence-electron chi connectivity index (χ0n) is 11.2. The molecule has 106 valence electrons. The summed E-state index contributed by atoms with van der Waals surface area (Å²) in [5.41, 5.74) is 1.37. The predicted octanol–water partition coefficient (Wildman–Crippen LogP) is 1.97. The van der Waals surface area contributed by atoms with Crippen LogP contribution in [0.15, 0.2) is 0 Å². The molecule has 1 saturated carbocycles. The van der Waals surface area contributed by atoms with Gasteiger partial charge in [-0.2, -0.15) is 5.26 Å². The van der Waals surface area contributed by atoms with Gasteiger partial charge in [0.2, 0.25) is 11.6 Å². The summed E-state index contributed by atoms with van der Waals surface area (Å²) in [4.78, 5) is 21.1. The van der Waals surface area contributed by atoms with Gasteiger partial charge in [-0.3, -0.25) is 4.79 Å². The average Bonchev–Trinajstić information content (AvgIpc) is 3.30. The molecule has 6 nitrogen and oxygen atoms in total. The van der Waals surface area contributed by atoms with Crippen LogP contribution in [0.4, 0.5) is 11.5 Å². The lowest BCUT2D eigenvalue weighted by molar-refractivity contribution is -0.120. The summed E-state index contributed by atoms with van der Waals surface area (Å²) >= 11 is 6.13. The monoisotopic (exact) mass is 301 g/mol. The second-order valence-electron chi connectivity index (χ2n) is 5.13. The van der Waals surface area contributed by atoms with Gasteiger partial charge in [-0.25, -0.2) is 9.83 Å². The first-order valence-corrected chi connectivity index (χ1v) is 7.06. The highest BCUT2D eigenvalue weighted by molar-refractivity contribution is 6.31. The molecule has 0 atom stereocenters. The summed E-state index contributed by atoms with van der Waals surface area (Å²) in [5, 5.41) is 12.1. The zero-order valence-corrected chi connectivity index (χ0v) is 11.9. The fourth-order valence-corrected chi connectivity index (χ4v) is 2.80. The van der Waals surface area contributed by atoms with Crippen molar-refractivity contribution < 1.29 is 4.79 Å². The van der Waals surface area contributed by atoms with E-state index < -0.39 is 0 Å². The molecule has 2 aliphatic rings. The Morgan fingerprint density at radius 2 is 2.29 bits per heavy atom. The molecule has 7 heteroatoms. The molecule has 1 amide bonds. The molecule has 0 radical (unpaired) electrons. The van der Waals surface area contributed by atoms with Gasteiger partial charge in [0.05, 0.1) is 18.7 Å². The minimum atomic E-state index is -0.104. The number of nitrogens with zero attached hydrogens (tertiary/aromatic N) is 4. The van der Waals surface area contributed by atoms with Crippen LogP contribution in [0, 0.1) is 17.9 Å². The van der Waals surface area contributed by atoms with Gasteiger partial charge < -0.3 is 10.2 Å². The number of nitriles is 1. The van der Waals surface area contributed by atoms with E-state index in [0.29, 0.717) is 35.7 Å². The maximum atomic E-state index is 11.5. The molecule has 1 aliphatic heterocycles. The lowest BCUT2D eigenvalue weighted by atomic mass is 10.0. The second kappa shape index (κ2) is 5.23. The Balaban J connectivity index is 2.15. The number of hydrogen-bond donors (Lipinski definition) is 1. The SMILES string of the molecule is [C-]#[N+]c1c(N2CCNC(=O)C2)nc(Cl)c(C#N)c1C1CC1. The van der Waals surface area contributed by atoms with Gasteiger partial charge in [0, 0.05) is 13.1 Å². The van der Waals surface area contributed by atoms with Crippen LogP contribution in [0.2, 0.25) is 5.15 Å². The normalized spacial score (nSPS) is 17.9. The van der Waals surface area contributed by atoms with Crippen molar-refractivity contribution >= 4 is 29.0 Å². The first-order chi connectivity index (χ1) is 10.2. The highest BCUT2D eigenvalue weighted by atomic mass is 35.5. The van der Waals surface area contributed by atoms with E-state index in [0.717, 1.165) is 12.8 Å². The topological polar surface area (TPSA) is 73.4 Å². The van der Waals surface area contributed by atoms with Crippen molar-refractivity contribution in [2.75, 3.05) is 24.5 Å². The highest BCUT2D eigenvalue weighted by Crippen LogP contribution is 2.49. The number of hydrogen-bond acceptors (Lipinski definition) is 4. The second-order valence-corrected chi connectivity index (χ2v) is 5.49. The van der Waals surface area contributed by atoms with Gasteiger partial charge in [-0.1, -0.05) is 11.6 Å². The number of carbonyl (C=O) groups is 1. The third-order valence-corrected chi connectivity index (χ3v) is 3.97. The van der Waals surface area contributed by atoms with Crippen molar-refractivity contribution in [3.05, 3.63) is 27.7 Å². The van der Waals surface area contributed by atoms with Crippen LogP contribution in [0.25, 0.3) is 4.85 Å². The molecule has 1 aromatic heterocycles. The van der Waals surface area contributed by atoms with Crippen molar-refractivity contribution in [3.63, 3.8) is 0 Å². The minimum absolute atomic E-state index is 0.104. The number of pyridine rings is 1. The number of piperazine rings is 1. The van der Waals surface area contributed by atoms with Gasteiger partial charge in [0.1, 0.15) is 17.0 Å². The van der Waals surface area contributed by atoms with Crippen LogP contribution < -0.4 is 10.2 Å². The molecule has 1 N–H and O–H groups in total. The van der Waals surface area contributed by atoms with Gasteiger partial charge >= 0.3 is 0 Å². The summed E-state index contributed by atoms with van der Waals surface area (Å²) in [6.45, 7) is 8.70. The van der Waals surface area contributed by atoms with Crippen molar-refractivity contribution in [2.45, 2.75) is 18.8 Å². The average molecular weight is 302 g/mol. The van der Waals surface area contributed by atoms with E-state index in [1.54, 1.807) is 4.90 Å². The molecule has 2 heterocycles. The third kappa shape index (κ3) is 2.39. The number of nitrogens with one attached hydrogen (secondary N) is 1. The zero-order chi connectivity index (χ0) is 15.0. The lowest BCUT2D eigenvalue weighted by Crippen LogP contribution is -2.48. The number of anilines is 1. The highest BCUT2D eigenvalue weighted by Gasteiger charge is 2.34. The van der Waals surface area contributed by atoms with Gasteiger partial charge in [-0.05, 0) is 24.3 Å². The maximum absolute atomic E-state index is 11.5. The fraction of sp³-hybridized carbons (Fsp3) is 0.429. The molecular formula is C14H12ClN5O. The number of carbonyl (C=O) groups excluding carboxylic acids is 1. The number of aromatic nitrogens is 1. The van der Waals surface area contributed by atoms with Crippen molar-refractivity contribution in [3.8, 4) is 6.07 Å². The van der Waals surface area contributed by atoms with Crippen LogP contribution >= 0.6 is 11.6 Å². The Hall–Kier alpha value is -2.31. The summed E-state index contributed by atoms with van der Waals surface area (Å²) in [6.07, 6.45) is 1.91. The van der Waals surface area contributed by atoms with E-state index in [2.05, 4.69) is 21.2 Å². The molecule has 1 aliphatic carbocycles. The Kier molecular flexibility index (Phi) is 3.40. The standard InChI is InChI=1S/C14H12ClN5O/c1-17-12-11(8-2-3-8)9(6-16)13(15)19-14(12)20-5-4-18-10(21)7-20/h8H,2-5,7H2,(H,18,21). The molecular weight excluding hydrogens is 290 g/mol. The molecule has 1 aromatic rings. The smallest absolute Gasteiger partial charge is 0.239 e. The molecule has 0 aromatic carbocycles. The first-order valence-electron chi connectivity index (χ1n) is 6.68. The molecule has 2 fully saturated rings. The Morgan fingerprint density at radius 1 is 1.52 bits per heavy atom. The lowest BCUT2D eigenvalue weighted by Gasteiger charge is -2.29. The summed E-state index contributed by atoms with van der Waals surface area (Å²) < 4.78 is 0. The number of rotatable bonds is 2. The third-order valence-electron chi connectivity index (χ3n) is 3.69. The van der Waals surface area contributed by atoms with Crippen LogP contribution in [0.3, 0.4) is 0 Å². The van der Waals surface area contributed by atoms with Crippen molar-refractivity contribution in [1.29, 1.82) is 5.26 Å². The molecule has 1 saturated heterocycles. The van der Waals surface area contributed by atoms with Crippen LogP contribution in [-0.4, -0.2) is 30.5 Å². The minimum Gasteiger partial charge on any atom is -0.354 e. The van der Waals surface area contributed by atoms with E-state index in [1.165, 1.54) is 0 Å².